The Bertz CT molecular complexity index is 397. The normalized spacial score (nSPS) is 15.7. The van der Waals surface area contributed by atoms with Gasteiger partial charge >= 0.3 is 6.18 Å². The lowest BCUT2D eigenvalue weighted by atomic mass is 9.91. The number of benzene rings is 1. The highest BCUT2D eigenvalue weighted by Crippen LogP contribution is 2.33. The Morgan fingerprint density at radius 3 is 2.29 bits per heavy atom. The van der Waals surface area contributed by atoms with Gasteiger partial charge in [0.05, 0.1) is 12.2 Å². The van der Waals surface area contributed by atoms with Crippen molar-refractivity contribution < 1.29 is 23.0 Å². The van der Waals surface area contributed by atoms with Gasteiger partial charge in [-0.05, 0) is 37.1 Å². The van der Waals surface area contributed by atoms with Gasteiger partial charge in [0.1, 0.15) is 5.60 Å². The summed E-state index contributed by atoms with van der Waals surface area (Å²) in [5, 5.41) is 10.1. The molecule has 0 aliphatic rings. The van der Waals surface area contributed by atoms with Crippen molar-refractivity contribution in [1.29, 1.82) is 0 Å². The maximum Gasteiger partial charge on any atom is 0.416 e. The van der Waals surface area contributed by atoms with Crippen LogP contribution in [0.15, 0.2) is 18.2 Å². The summed E-state index contributed by atoms with van der Waals surface area (Å²) in [5.74, 6) is 0. The van der Waals surface area contributed by atoms with Crippen molar-refractivity contribution in [2.24, 2.45) is 0 Å². The molecule has 1 aromatic carbocycles. The zero-order valence-electron chi connectivity index (χ0n) is 9.93. The van der Waals surface area contributed by atoms with E-state index >= 15 is 0 Å². The highest BCUT2D eigenvalue weighted by atomic mass is 19.4. The largest absolute Gasteiger partial charge is 0.416 e. The molecular formula is C12H15F3O2. The summed E-state index contributed by atoms with van der Waals surface area (Å²) in [5.41, 5.74) is -1.18. The van der Waals surface area contributed by atoms with Crippen LogP contribution < -0.4 is 0 Å². The number of hydrogen-bond donors (Lipinski definition) is 1. The van der Waals surface area contributed by atoms with Crippen molar-refractivity contribution in [2.45, 2.75) is 25.6 Å². The topological polar surface area (TPSA) is 29.5 Å². The Morgan fingerprint density at radius 2 is 1.88 bits per heavy atom. The molecule has 0 saturated carbocycles. The van der Waals surface area contributed by atoms with Crippen LogP contribution in [-0.4, -0.2) is 18.8 Å². The lowest BCUT2D eigenvalue weighted by Gasteiger charge is -2.25. The maximum atomic E-state index is 12.5. The summed E-state index contributed by atoms with van der Waals surface area (Å²) in [6, 6.07) is 3.28. The van der Waals surface area contributed by atoms with Crippen molar-refractivity contribution in [3.63, 3.8) is 0 Å². The summed E-state index contributed by atoms with van der Waals surface area (Å²) in [6.45, 7) is 3.07. The molecule has 0 aromatic heterocycles. The average Bonchev–Trinajstić information content (AvgIpc) is 2.15. The van der Waals surface area contributed by atoms with Crippen LogP contribution in [0.3, 0.4) is 0 Å². The van der Waals surface area contributed by atoms with Crippen molar-refractivity contribution in [3.05, 3.63) is 34.9 Å². The van der Waals surface area contributed by atoms with Gasteiger partial charge in [-0.3, -0.25) is 0 Å². The number of ether oxygens (including phenoxy) is 1. The minimum atomic E-state index is -4.36. The second kappa shape index (κ2) is 4.66. The van der Waals surface area contributed by atoms with Gasteiger partial charge in [-0.2, -0.15) is 13.2 Å². The second-order valence-corrected chi connectivity index (χ2v) is 4.23. The third kappa shape index (κ3) is 3.20. The highest BCUT2D eigenvalue weighted by Gasteiger charge is 2.32. The first-order valence-electron chi connectivity index (χ1n) is 5.08. The number of halogens is 3. The van der Waals surface area contributed by atoms with E-state index in [1.54, 1.807) is 0 Å². The van der Waals surface area contributed by atoms with Crippen LogP contribution in [0.4, 0.5) is 13.2 Å². The number of aliphatic hydroxyl groups is 1. The van der Waals surface area contributed by atoms with Gasteiger partial charge in [0, 0.05) is 7.11 Å². The van der Waals surface area contributed by atoms with Gasteiger partial charge in [0.2, 0.25) is 0 Å². The fraction of sp³-hybridized carbons (Fsp3) is 0.500. The Balaban J connectivity index is 3.14. The van der Waals surface area contributed by atoms with E-state index in [1.807, 2.05) is 0 Å². The summed E-state index contributed by atoms with van der Waals surface area (Å²) < 4.78 is 42.2. The fourth-order valence-corrected chi connectivity index (χ4v) is 1.80. The molecular weight excluding hydrogens is 233 g/mol. The van der Waals surface area contributed by atoms with Crippen LogP contribution in [-0.2, 0) is 16.5 Å². The zero-order chi connectivity index (χ0) is 13.3. The molecule has 0 aliphatic heterocycles. The predicted molar refractivity (Wildman–Crippen MR) is 57.6 cm³/mol. The molecule has 96 valence electrons. The third-order valence-electron chi connectivity index (χ3n) is 2.56. The predicted octanol–water partition coefficient (Wildman–Crippen LogP) is 2.87. The number of hydrogen-bond acceptors (Lipinski definition) is 2. The maximum absolute atomic E-state index is 12.5. The third-order valence-corrected chi connectivity index (χ3v) is 2.56. The fourth-order valence-electron chi connectivity index (χ4n) is 1.80. The van der Waals surface area contributed by atoms with Crippen LogP contribution in [0.5, 0.6) is 0 Å². The van der Waals surface area contributed by atoms with Gasteiger partial charge in [0.15, 0.2) is 0 Å². The van der Waals surface area contributed by atoms with Crippen LogP contribution in [0.25, 0.3) is 0 Å². The smallest absolute Gasteiger partial charge is 0.383 e. The zero-order valence-corrected chi connectivity index (χ0v) is 9.93. The molecule has 2 nitrogen and oxygen atoms in total. The first kappa shape index (κ1) is 14.0. The summed E-state index contributed by atoms with van der Waals surface area (Å²) in [6.07, 6.45) is -4.36. The van der Waals surface area contributed by atoms with Crippen LogP contribution in [0, 0.1) is 6.92 Å². The number of rotatable bonds is 3. The van der Waals surface area contributed by atoms with Crippen LogP contribution >= 0.6 is 0 Å². The molecule has 0 spiro atoms. The summed E-state index contributed by atoms with van der Waals surface area (Å²) in [7, 11) is 1.42. The molecule has 5 heteroatoms. The van der Waals surface area contributed by atoms with E-state index in [9.17, 15) is 18.3 Å². The molecule has 1 rings (SSSR count). The summed E-state index contributed by atoms with van der Waals surface area (Å²) >= 11 is 0. The molecule has 1 unspecified atom stereocenters. The van der Waals surface area contributed by atoms with Crippen molar-refractivity contribution in [3.8, 4) is 0 Å². The molecule has 1 N–H and O–H groups in total. The Kier molecular flexibility index (Phi) is 3.84. The number of methoxy groups -OCH3 is 1. The standard InChI is InChI=1S/C12H15F3O2/c1-8-6-9(12(13,14)15)4-5-10(8)11(2,16)7-17-3/h4-6,16H,7H2,1-3H3. The van der Waals surface area contributed by atoms with Crippen molar-refractivity contribution in [1.82, 2.24) is 0 Å². The minimum absolute atomic E-state index is 0.0270. The molecule has 0 fully saturated rings. The van der Waals surface area contributed by atoms with E-state index < -0.39 is 17.3 Å². The Morgan fingerprint density at radius 1 is 1.29 bits per heavy atom. The molecule has 1 atom stereocenters. The first-order valence-corrected chi connectivity index (χ1v) is 5.08. The molecule has 0 saturated heterocycles. The van der Waals surface area contributed by atoms with Gasteiger partial charge < -0.3 is 9.84 Å². The van der Waals surface area contributed by atoms with Gasteiger partial charge in [-0.25, -0.2) is 0 Å². The molecule has 0 aliphatic carbocycles. The molecule has 0 bridgehead atoms. The molecule has 1 aromatic rings. The van der Waals surface area contributed by atoms with E-state index in [0.717, 1.165) is 12.1 Å². The molecule has 0 amide bonds. The van der Waals surface area contributed by atoms with Crippen molar-refractivity contribution >= 4 is 0 Å². The van der Waals surface area contributed by atoms with E-state index in [4.69, 9.17) is 4.74 Å². The molecule has 0 heterocycles. The highest BCUT2D eigenvalue weighted by molar-refractivity contribution is 5.36. The quantitative estimate of drug-likeness (QED) is 0.891. The Labute approximate surface area is 98.0 Å². The minimum Gasteiger partial charge on any atom is -0.383 e. The lowest BCUT2D eigenvalue weighted by Crippen LogP contribution is -2.28. The van der Waals surface area contributed by atoms with Crippen molar-refractivity contribution in [2.75, 3.05) is 13.7 Å². The average molecular weight is 248 g/mol. The summed E-state index contributed by atoms with van der Waals surface area (Å²) in [4.78, 5) is 0. The monoisotopic (exact) mass is 248 g/mol. The first-order chi connectivity index (χ1) is 7.68. The van der Waals surface area contributed by atoms with Gasteiger partial charge in [0.25, 0.3) is 0 Å². The van der Waals surface area contributed by atoms with E-state index in [1.165, 1.54) is 27.0 Å². The van der Waals surface area contributed by atoms with E-state index in [2.05, 4.69) is 0 Å². The number of aryl methyl sites for hydroxylation is 1. The van der Waals surface area contributed by atoms with E-state index in [-0.39, 0.29) is 6.61 Å². The second-order valence-electron chi connectivity index (χ2n) is 4.23. The Hall–Kier alpha value is -1.07. The lowest BCUT2D eigenvalue weighted by molar-refractivity contribution is -0.137. The van der Waals surface area contributed by atoms with Crippen LogP contribution in [0.1, 0.15) is 23.6 Å². The van der Waals surface area contributed by atoms with E-state index in [0.29, 0.717) is 11.1 Å². The van der Waals surface area contributed by atoms with Gasteiger partial charge in [-0.1, -0.05) is 6.07 Å². The van der Waals surface area contributed by atoms with Crippen LogP contribution in [0.2, 0.25) is 0 Å². The van der Waals surface area contributed by atoms with Gasteiger partial charge in [-0.15, -0.1) is 0 Å². The molecule has 0 radical (unpaired) electrons. The SMILES string of the molecule is COCC(C)(O)c1ccc(C(F)(F)F)cc1C. The molecule has 17 heavy (non-hydrogen) atoms. The number of alkyl halides is 3.